The maximum Gasteiger partial charge on any atom is 0.170 e. The molecular formula is C25H34ClN5S2. The fourth-order valence-electron chi connectivity index (χ4n) is 3.48. The number of benzene rings is 2. The zero-order chi connectivity index (χ0) is 22.8. The second-order valence-electron chi connectivity index (χ2n) is 7.98. The number of halogens is 1. The van der Waals surface area contributed by atoms with Crippen LogP contribution in [-0.4, -0.2) is 28.3 Å². The van der Waals surface area contributed by atoms with E-state index >= 15 is 0 Å². The highest BCUT2D eigenvalue weighted by molar-refractivity contribution is 7.80. The van der Waals surface area contributed by atoms with Gasteiger partial charge in [0.05, 0.1) is 11.0 Å². The Morgan fingerprint density at radius 2 is 1.15 bits per heavy atom. The summed E-state index contributed by atoms with van der Waals surface area (Å²) in [6.45, 7) is 6.17. The molecule has 33 heavy (non-hydrogen) atoms. The van der Waals surface area contributed by atoms with Crippen molar-refractivity contribution in [2.45, 2.75) is 52.4 Å². The molecule has 178 valence electrons. The van der Waals surface area contributed by atoms with E-state index in [1.54, 1.807) is 0 Å². The normalized spacial score (nSPS) is 10.5. The molecule has 0 atom stereocenters. The molecule has 0 aliphatic carbocycles. The van der Waals surface area contributed by atoms with Gasteiger partial charge in [-0.2, -0.15) is 0 Å². The molecule has 1 aromatic heterocycles. The molecule has 0 aliphatic rings. The third-order valence-corrected chi connectivity index (χ3v) is 5.75. The summed E-state index contributed by atoms with van der Waals surface area (Å²) >= 11 is 10.8. The van der Waals surface area contributed by atoms with Crippen molar-refractivity contribution < 1.29 is 0 Å². The molecule has 3 aromatic rings. The lowest BCUT2D eigenvalue weighted by Gasteiger charge is -2.12. The first kappa shape index (κ1) is 27.0. The van der Waals surface area contributed by atoms with Crippen LogP contribution in [0.25, 0.3) is 21.8 Å². The van der Waals surface area contributed by atoms with Gasteiger partial charge in [-0.1, -0.05) is 51.7 Å². The number of nitrogens with one attached hydrogen (secondary N) is 4. The van der Waals surface area contributed by atoms with E-state index in [1.807, 2.05) is 24.3 Å². The zero-order valence-corrected chi connectivity index (χ0v) is 21.8. The van der Waals surface area contributed by atoms with Gasteiger partial charge in [0.15, 0.2) is 10.2 Å². The fraction of sp³-hybridized carbons (Fsp3) is 0.400. The summed E-state index contributed by atoms with van der Waals surface area (Å²) in [7, 11) is 0. The van der Waals surface area contributed by atoms with Crippen LogP contribution in [0.3, 0.4) is 0 Å². The highest BCUT2D eigenvalue weighted by Crippen LogP contribution is 2.24. The van der Waals surface area contributed by atoms with Gasteiger partial charge in [0.2, 0.25) is 0 Å². The number of unbranched alkanes of at least 4 members (excludes halogenated alkanes) is 4. The molecule has 0 radical (unpaired) electrons. The number of thiocarbonyl (C=S) groups is 2. The predicted molar refractivity (Wildman–Crippen MR) is 154 cm³/mol. The van der Waals surface area contributed by atoms with Crippen molar-refractivity contribution in [2.24, 2.45) is 0 Å². The molecule has 0 bridgehead atoms. The van der Waals surface area contributed by atoms with Gasteiger partial charge in [0.25, 0.3) is 0 Å². The van der Waals surface area contributed by atoms with Gasteiger partial charge in [0.1, 0.15) is 0 Å². The number of nitrogens with zero attached hydrogens (tertiary/aromatic N) is 1. The smallest absolute Gasteiger partial charge is 0.170 e. The van der Waals surface area contributed by atoms with E-state index in [2.05, 4.69) is 53.3 Å². The molecule has 0 fully saturated rings. The van der Waals surface area contributed by atoms with Gasteiger partial charge in [-0.15, -0.1) is 12.4 Å². The van der Waals surface area contributed by atoms with E-state index in [-0.39, 0.29) is 12.4 Å². The van der Waals surface area contributed by atoms with Gasteiger partial charge in [0, 0.05) is 35.2 Å². The maximum atomic E-state index is 5.42. The zero-order valence-electron chi connectivity index (χ0n) is 19.4. The largest absolute Gasteiger partial charge is 0.362 e. The number of anilines is 2. The Labute approximate surface area is 213 Å². The van der Waals surface area contributed by atoms with Crippen LogP contribution in [0, 0.1) is 0 Å². The average Bonchev–Trinajstić information content (AvgIpc) is 2.78. The van der Waals surface area contributed by atoms with E-state index in [4.69, 9.17) is 29.4 Å². The number of hydrogen-bond acceptors (Lipinski definition) is 3. The van der Waals surface area contributed by atoms with Crippen LogP contribution < -0.4 is 21.3 Å². The SMILES string of the molecule is CCCCCNC(=S)Nc1ccc2cc3ccc(NC(=S)NCCCCC)cc3nc2c1.Cl. The highest BCUT2D eigenvalue weighted by Gasteiger charge is 2.05. The van der Waals surface area contributed by atoms with Crippen molar-refractivity contribution in [1.82, 2.24) is 15.6 Å². The lowest BCUT2D eigenvalue weighted by Crippen LogP contribution is -2.29. The Bertz CT molecular complexity index is 992. The van der Waals surface area contributed by atoms with E-state index in [0.717, 1.165) is 59.1 Å². The van der Waals surface area contributed by atoms with Crippen molar-refractivity contribution in [3.63, 3.8) is 0 Å². The third kappa shape index (κ3) is 8.57. The van der Waals surface area contributed by atoms with Crippen molar-refractivity contribution in [2.75, 3.05) is 23.7 Å². The quantitative estimate of drug-likeness (QED) is 0.138. The first-order valence-electron chi connectivity index (χ1n) is 11.5. The van der Waals surface area contributed by atoms with Crippen LogP contribution in [0.15, 0.2) is 42.5 Å². The summed E-state index contributed by atoms with van der Waals surface area (Å²) < 4.78 is 0. The summed E-state index contributed by atoms with van der Waals surface area (Å²) in [5.41, 5.74) is 3.72. The summed E-state index contributed by atoms with van der Waals surface area (Å²) in [5.74, 6) is 0. The van der Waals surface area contributed by atoms with Gasteiger partial charge in [-0.05, 0) is 67.6 Å². The Kier molecular flexibility index (Phi) is 11.6. The highest BCUT2D eigenvalue weighted by atomic mass is 35.5. The second kappa shape index (κ2) is 14.1. The van der Waals surface area contributed by atoms with Gasteiger partial charge >= 0.3 is 0 Å². The van der Waals surface area contributed by atoms with Crippen molar-refractivity contribution >= 4 is 80.2 Å². The Morgan fingerprint density at radius 1 is 0.697 bits per heavy atom. The van der Waals surface area contributed by atoms with Crippen molar-refractivity contribution in [3.8, 4) is 0 Å². The molecule has 0 amide bonds. The maximum absolute atomic E-state index is 5.42. The molecular weight excluding hydrogens is 470 g/mol. The minimum absolute atomic E-state index is 0. The minimum atomic E-state index is 0. The van der Waals surface area contributed by atoms with Crippen LogP contribution >= 0.6 is 36.8 Å². The molecule has 3 rings (SSSR count). The number of pyridine rings is 1. The minimum Gasteiger partial charge on any atom is -0.362 e. The van der Waals surface area contributed by atoms with E-state index in [1.165, 1.54) is 25.7 Å². The van der Waals surface area contributed by atoms with Gasteiger partial charge in [-0.3, -0.25) is 0 Å². The monoisotopic (exact) mass is 503 g/mol. The molecule has 0 saturated heterocycles. The van der Waals surface area contributed by atoms with Crippen molar-refractivity contribution in [1.29, 1.82) is 0 Å². The van der Waals surface area contributed by atoms with Gasteiger partial charge < -0.3 is 21.3 Å². The summed E-state index contributed by atoms with van der Waals surface area (Å²) in [4.78, 5) is 4.88. The fourth-order valence-corrected chi connectivity index (χ4v) is 3.92. The first-order chi connectivity index (χ1) is 15.6. The molecule has 0 aliphatic heterocycles. The summed E-state index contributed by atoms with van der Waals surface area (Å²) in [5, 5.41) is 16.5. The topological polar surface area (TPSA) is 61.0 Å². The second-order valence-corrected chi connectivity index (χ2v) is 8.80. The number of hydrogen-bond donors (Lipinski definition) is 4. The van der Waals surface area contributed by atoms with E-state index in [0.29, 0.717) is 10.2 Å². The number of rotatable bonds is 10. The van der Waals surface area contributed by atoms with Crippen LogP contribution in [0.1, 0.15) is 52.4 Å². The van der Waals surface area contributed by atoms with Crippen LogP contribution in [0.4, 0.5) is 11.4 Å². The summed E-state index contributed by atoms with van der Waals surface area (Å²) in [6, 6.07) is 14.5. The predicted octanol–water partition coefficient (Wildman–Crippen LogP) is 6.76. The third-order valence-electron chi connectivity index (χ3n) is 5.26. The lowest BCUT2D eigenvalue weighted by molar-refractivity contribution is 0.698. The Balaban J connectivity index is 0.00000385. The van der Waals surface area contributed by atoms with Crippen molar-refractivity contribution in [3.05, 3.63) is 42.5 Å². The molecule has 0 saturated carbocycles. The molecule has 0 unspecified atom stereocenters. The lowest BCUT2D eigenvalue weighted by atomic mass is 10.1. The molecule has 0 spiro atoms. The standard InChI is InChI=1S/C25H33N5S2.ClH/c1-3-5-7-13-26-24(31)28-20-11-9-18-15-19-10-12-21(17-23(19)30-22(18)16-20)29-25(32)27-14-8-6-4-2;/h9-12,15-17H,3-8,13-14H2,1-2H3,(H2,26,28,31)(H2,27,29,32);1H. The van der Waals surface area contributed by atoms with Crippen LogP contribution in [-0.2, 0) is 0 Å². The Hall–Kier alpha value is -2.22. The first-order valence-corrected chi connectivity index (χ1v) is 12.3. The molecule has 1 heterocycles. The number of aromatic nitrogens is 1. The van der Waals surface area contributed by atoms with Crippen LogP contribution in [0.5, 0.6) is 0 Å². The molecule has 5 nitrogen and oxygen atoms in total. The van der Waals surface area contributed by atoms with Crippen LogP contribution in [0.2, 0.25) is 0 Å². The van der Waals surface area contributed by atoms with E-state index in [9.17, 15) is 0 Å². The average molecular weight is 504 g/mol. The molecule has 2 aromatic carbocycles. The van der Waals surface area contributed by atoms with E-state index < -0.39 is 0 Å². The number of fused-ring (bicyclic) bond motifs is 2. The summed E-state index contributed by atoms with van der Waals surface area (Å²) in [6.07, 6.45) is 7.06. The molecule has 8 heteroatoms. The van der Waals surface area contributed by atoms with Gasteiger partial charge in [-0.25, -0.2) is 4.98 Å². The Morgan fingerprint density at radius 3 is 1.58 bits per heavy atom. The molecule has 4 N–H and O–H groups in total.